The molecule has 0 spiro atoms. The van der Waals surface area contributed by atoms with Gasteiger partial charge in [-0.25, -0.2) is 0 Å². The molecule has 0 saturated heterocycles. The van der Waals surface area contributed by atoms with E-state index >= 15 is 0 Å². The van der Waals surface area contributed by atoms with Crippen LogP contribution in [-0.2, 0) is 0 Å². The maximum absolute atomic E-state index is 2.36. The smallest absolute Gasteiger partial charge is 0.00509 e. The largest absolute Gasteiger partial charge is 0.0795 e. The van der Waals surface area contributed by atoms with Crippen molar-refractivity contribution >= 4 is 0 Å². The van der Waals surface area contributed by atoms with Crippen LogP contribution in [0.3, 0.4) is 0 Å². The Bertz CT molecular complexity index is 609. The van der Waals surface area contributed by atoms with Crippen LogP contribution in [0.1, 0.15) is 12.8 Å². The third-order valence-corrected chi connectivity index (χ3v) is 4.49. The first-order valence-corrected chi connectivity index (χ1v) is 7.42. The van der Waals surface area contributed by atoms with Gasteiger partial charge in [0.2, 0.25) is 0 Å². The Balaban J connectivity index is 1.58. The highest BCUT2D eigenvalue weighted by Crippen LogP contribution is 2.32. The number of rotatable bonds is 1. The van der Waals surface area contributed by atoms with Crippen LogP contribution >= 0.6 is 0 Å². The van der Waals surface area contributed by atoms with E-state index in [1.807, 2.05) is 0 Å². The molecule has 0 heterocycles. The predicted molar refractivity (Wildman–Crippen MR) is 85.1 cm³/mol. The maximum atomic E-state index is 2.36. The quantitative estimate of drug-likeness (QED) is 0.622. The molecule has 2 unspecified atom stereocenters. The van der Waals surface area contributed by atoms with Gasteiger partial charge in [0.15, 0.2) is 0 Å². The van der Waals surface area contributed by atoms with E-state index in [4.69, 9.17) is 0 Å². The molecule has 0 fully saturated rings. The van der Waals surface area contributed by atoms with E-state index < -0.39 is 0 Å². The highest BCUT2D eigenvalue weighted by molar-refractivity contribution is 5.51. The first-order chi connectivity index (χ1) is 9.90. The van der Waals surface area contributed by atoms with Gasteiger partial charge in [0, 0.05) is 11.8 Å². The van der Waals surface area contributed by atoms with Crippen molar-refractivity contribution in [3.63, 3.8) is 0 Å². The first kappa shape index (κ1) is 11.7. The topological polar surface area (TPSA) is 0 Å². The summed E-state index contributed by atoms with van der Waals surface area (Å²) in [6.07, 6.45) is 29.7. The zero-order chi connectivity index (χ0) is 13.4. The molecule has 0 radical (unpaired) electrons. The Hall–Kier alpha value is -2.08. The normalized spacial score (nSPS) is 30.0. The first-order valence-electron chi connectivity index (χ1n) is 7.42. The molecular weight excluding hydrogens is 240 g/mol. The Kier molecular flexibility index (Phi) is 2.81. The molecule has 0 nitrogen and oxygen atoms in total. The summed E-state index contributed by atoms with van der Waals surface area (Å²) in [6, 6.07) is 0. The van der Waals surface area contributed by atoms with Gasteiger partial charge in [-0.05, 0) is 35.1 Å². The lowest BCUT2D eigenvalue weighted by Gasteiger charge is -2.14. The van der Waals surface area contributed by atoms with Crippen LogP contribution in [0.2, 0.25) is 0 Å². The average Bonchev–Trinajstić information content (AvgIpc) is 3.00. The summed E-state index contributed by atoms with van der Waals surface area (Å²) in [4.78, 5) is 0. The van der Waals surface area contributed by atoms with Crippen LogP contribution in [0.5, 0.6) is 0 Å². The Morgan fingerprint density at radius 2 is 1.00 bits per heavy atom. The van der Waals surface area contributed by atoms with Crippen molar-refractivity contribution in [2.24, 2.45) is 11.8 Å². The Morgan fingerprint density at radius 1 is 0.550 bits per heavy atom. The molecule has 2 atom stereocenters. The van der Waals surface area contributed by atoms with Gasteiger partial charge < -0.3 is 0 Å². The second kappa shape index (κ2) is 4.79. The molecule has 0 heteroatoms. The molecule has 20 heavy (non-hydrogen) atoms. The zero-order valence-electron chi connectivity index (χ0n) is 11.5. The molecule has 0 aromatic heterocycles. The molecule has 0 aliphatic heterocycles. The van der Waals surface area contributed by atoms with Crippen LogP contribution < -0.4 is 0 Å². The van der Waals surface area contributed by atoms with Crippen molar-refractivity contribution in [1.82, 2.24) is 0 Å². The minimum atomic E-state index is 0.463. The van der Waals surface area contributed by atoms with Gasteiger partial charge in [-0.3, -0.25) is 0 Å². The van der Waals surface area contributed by atoms with Crippen LogP contribution in [0.25, 0.3) is 0 Å². The summed E-state index contributed by atoms with van der Waals surface area (Å²) in [5.74, 6) is 0.927. The van der Waals surface area contributed by atoms with Gasteiger partial charge >= 0.3 is 0 Å². The lowest BCUT2D eigenvalue weighted by atomic mass is 9.90. The Morgan fingerprint density at radius 3 is 1.50 bits per heavy atom. The monoisotopic (exact) mass is 258 g/mol. The average molecular weight is 258 g/mol. The van der Waals surface area contributed by atoms with Crippen molar-refractivity contribution in [2.45, 2.75) is 12.8 Å². The standard InChI is InChI=1S/C20H18/c1-3-15-7-11-19(12-8-16(15)4-1)20-13-9-17-5-2-6-18(17)10-14-20/h1-3,5,7-14,19-20H,4,6H2. The van der Waals surface area contributed by atoms with Crippen LogP contribution in [-0.4, -0.2) is 0 Å². The summed E-state index contributed by atoms with van der Waals surface area (Å²) in [7, 11) is 0. The zero-order valence-corrected chi connectivity index (χ0v) is 11.5. The van der Waals surface area contributed by atoms with Crippen molar-refractivity contribution in [2.75, 3.05) is 0 Å². The highest BCUT2D eigenvalue weighted by atomic mass is 14.2. The Labute approximate surface area is 120 Å². The van der Waals surface area contributed by atoms with E-state index in [1.165, 1.54) is 22.3 Å². The van der Waals surface area contributed by atoms with Gasteiger partial charge in [-0.1, -0.05) is 72.9 Å². The predicted octanol–water partition coefficient (Wildman–Crippen LogP) is 4.98. The van der Waals surface area contributed by atoms with Crippen molar-refractivity contribution < 1.29 is 0 Å². The maximum Gasteiger partial charge on any atom is 0.00509 e. The fraction of sp³-hybridized carbons (Fsp3) is 0.200. The summed E-state index contributed by atoms with van der Waals surface area (Å²) < 4.78 is 0. The van der Waals surface area contributed by atoms with Gasteiger partial charge in [-0.2, -0.15) is 0 Å². The molecule has 4 aliphatic carbocycles. The SMILES string of the molecule is C1=CC2=C(C=CC(C3C=CC4=C(C=C3)CC=C4)C=C2)C1. The summed E-state index contributed by atoms with van der Waals surface area (Å²) in [5, 5.41) is 0. The van der Waals surface area contributed by atoms with E-state index in [0.717, 1.165) is 12.8 Å². The molecule has 0 N–H and O–H groups in total. The van der Waals surface area contributed by atoms with Gasteiger partial charge in [0.1, 0.15) is 0 Å². The van der Waals surface area contributed by atoms with Gasteiger partial charge in [0.05, 0.1) is 0 Å². The van der Waals surface area contributed by atoms with Gasteiger partial charge in [-0.15, -0.1) is 0 Å². The summed E-state index contributed by atoms with van der Waals surface area (Å²) in [6.45, 7) is 0. The van der Waals surface area contributed by atoms with Crippen LogP contribution in [0.4, 0.5) is 0 Å². The van der Waals surface area contributed by atoms with Crippen molar-refractivity contribution in [3.8, 4) is 0 Å². The molecule has 4 aliphatic rings. The van der Waals surface area contributed by atoms with Crippen LogP contribution in [0.15, 0.2) is 95.2 Å². The van der Waals surface area contributed by atoms with Crippen molar-refractivity contribution in [3.05, 3.63) is 95.2 Å². The number of allylic oxidation sites excluding steroid dienone is 16. The fourth-order valence-electron chi connectivity index (χ4n) is 3.25. The minimum absolute atomic E-state index is 0.463. The highest BCUT2D eigenvalue weighted by Gasteiger charge is 2.17. The minimum Gasteiger partial charge on any atom is -0.0795 e. The van der Waals surface area contributed by atoms with E-state index in [9.17, 15) is 0 Å². The molecular formula is C20H18. The molecule has 98 valence electrons. The molecule has 0 aromatic rings. The fourth-order valence-corrected chi connectivity index (χ4v) is 3.25. The van der Waals surface area contributed by atoms with Crippen LogP contribution in [0, 0.1) is 11.8 Å². The lowest BCUT2D eigenvalue weighted by Crippen LogP contribution is -2.04. The van der Waals surface area contributed by atoms with Crippen molar-refractivity contribution in [1.29, 1.82) is 0 Å². The second-order valence-electron chi connectivity index (χ2n) is 5.77. The van der Waals surface area contributed by atoms with E-state index in [1.54, 1.807) is 0 Å². The van der Waals surface area contributed by atoms with Gasteiger partial charge in [0.25, 0.3) is 0 Å². The molecule has 0 aromatic carbocycles. The summed E-state index contributed by atoms with van der Waals surface area (Å²) in [5.41, 5.74) is 5.67. The third-order valence-electron chi connectivity index (χ3n) is 4.49. The van der Waals surface area contributed by atoms with E-state index in [-0.39, 0.29) is 0 Å². The van der Waals surface area contributed by atoms with E-state index in [0.29, 0.717) is 11.8 Å². The molecule has 0 bridgehead atoms. The second-order valence-corrected chi connectivity index (χ2v) is 5.77. The number of hydrogen-bond acceptors (Lipinski definition) is 0. The molecule has 0 amide bonds. The molecule has 4 rings (SSSR count). The number of hydrogen-bond donors (Lipinski definition) is 0. The third kappa shape index (κ3) is 2.02. The molecule has 0 saturated carbocycles. The summed E-state index contributed by atoms with van der Waals surface area (Å²) >= 11 is 0. The lowest BCUT2D eigenvalue weighted by molar-refractivity contribution is 0.676. The van der Waals surface area contributed by atoms with E-state index in [2.05, 4.69) is 72.9 Å².